The number of rotatable bonds is 4. The molecule has 1 aromatic carbocycles. The zero-order chi connectivity index (χ0) is 12.1. The van der Waals surface area contributed by atoms with Gasteiger partial charge in [0.05, 0.1) is 0 Å². The van der Waals surface area contributed by atoms with Gasteiger partial charge in [0.25, 0.3) is 5.91 Å². The second kappa shape index (κ2) is 5.85. The standard InChI is InChI=1S/C12H15ClFNO/c1-8(6-13)7-15-12(16)10-4-3-9(2)11(14)5-10/h3-5,8H,6-7H2,1-2H3,(H,15,16). The number of halogens is 2. The molecule has 16 heavy (non-hydrogen) atoms. The molecule has 0 aliphatic rings. The van der Waals surface area contributed by atoms with Gasteiger partial charge >= 0.3 is 0 Å². The van der Waals surface area contributed by atoms with E-state index < -0.39 is 0 Å². The minimum Gasteiger partial charge on any atom is -0.352 e. The van der Waals surface area contributed by atoms with Crippen LogP contribution in [-0.2, 0) is 0 Å². The Kier molecular flexibility index (Phi) is 4.74. The molecule has 1 atom stereocenters. The monoisotopic (exact) mass is 243 g/mol. The Bertz CT molecular complexity index is 381. The van der Waals surface area contributed by atoms with Gasteiger partial charge in [0.15, 0.2) is 0 Å². The molecule has 0 fully saturated rings. The summed E-state index contributed by atoms with van der Waals surface area (Å²) in [7, 11) is 0. The lowest BCUT2D eigenvalue weighted by atomic mass is 10.1. The predicted molar refractivity (Wildman–Crippen MR) is 63.4 cm³/mol. The number of nitrogens with one attached hydrogen (secondary N) is 1. The average molecular weight is 244 g/mol. The molecular weight excluding hydrogens is 229 g/mol. The summed E-state index contributed by atoms with van der Waals surface area (Å²) in [5.41, 5.74) is 0.871. The van der Waals surface area contributed by atoms with E-state index in [1.807, 2.05) is 6.92 Å². The van der Waals surface area contributed by atoms with E-state index in [1.165, 1.54) is 6.07 Å². The number of hydrogen-bond acceptors (Lipinski definition) is 1. The summed E-state index contributed by atoms with van der Waals surface area (Å²) in [5, 5.41) is 2.71. The molecule has 0 aliphatic heterocycles. The van der Waals surface area contributed by atoms with Gasteiger partial charge in [-0.1, -0.05) is 13.0 Å². The lowest BCUT2D eigenvalue weighted by Crippen LogP contribution is -2.28. The van der Waals surface area contributed by atoms with Crippen molar-refractivity contribution < 1.29 is 9.18 Å². The quantitative estimate of drug-likeness (QED) is 0.810. The van der Waals surface area contributed by atoms with E-state index in [1.54, 1.807) is 19.1 Å². The minimum absolute atomic E-state index is 0.209. The molecule has 1 aromatic rings. The van der Waals surface area contributed by atoms with Crippen molar-refractivity contribution in [3.63, 3.8) is 0 Å². The van der Waals surface area contributed by atoms with E-state index in [4.69, 9.17) is 11.6 Å². The van der Waals surface area contributed by atoms with Crippen LogP contribution < -0.4 is 5.32 Å². The van der Waals surface area contributed by atoms with Crippen LogP contribution >= 0.6 is 11.6 Å². The van der Waals surface area contributed by atoms with Crippen molar-refractivity contribution >= 4 is 17.5 Å². The van der Waals surface area contributed by atoms with Crippen LogP contribution in [0.25, 0.3) is 0 Å². The highest BCUT2D eigenvalue weighted by Crippen LogP contribution is 2.09. The van der Waals surface area contributed by atoms with Gasteiger partial charge in [-0.15, -0.1) is 11.6 Å². The highest BCUT2D eigenvalue weighted by atomic mass is 35.5. The number of alkyl halides is 1. The van der Waals surface area contributed by atoms with Crippen molar-refractivity contribution in [3.05, 3.63) is 35.1 Å². The summed E-state index contributed by atoms with van der Waals surface area (Å²) in [6.45, 7) is 4.09. The van der Waals surface area contributed by atoms with Gasteiger partial charge in [-0.25, -0.2) is 4.39 Å². The van der Waals surface area contributed by atoms with E-state index in [2.05, 4.69) is 5.32 Å². The van der Waals surface area contributed by atoms with Crippen LogP contribution in [0.5, 0.6) is 0 Å². The number of benzene rings is 1. The maximum absolute atomic E-state index is 13.2. The van der Waals surface area contributed by atoms with Crippen molar-refractivity contribution in [3.8, 4) is 0 Å². The third-order valence-electron chi connectivity index (χ3n) is 2.31. The highest BCUT2D eigenvalue weighted by Gasteiger charge is 2.09. The van der Waals surface area contributed by atoms with Crippen molar-refractivity contribution in [2.45, 2.75) is 13.8 Å². The number of carbonyl (C=O) groups is 1. The fraction of sp³-hybridized carbons (Fsp3) is 0.417. The molecule has 1 unspecified atom stereocenters. The van der Waals surface area contributed by atoms with Crippen molar-refractivity contribution in [2.24, 2.45) is 5.92 Å². The Balaban J connectivity index is 2.63. The van der Waals surface area contributed by atoms with Crippen LogP contribution in [-0.4, -0.2) is 18.3 Å². The maximum atomic E-state index is 13.2. The van der Waals surface area contributed by atoms with Crippen LogP contribution in [0.1, 0.15) is 22.8 Å². The molecule has 0 spiro atoms. The first-order valence-electron chi connectivity index (χ1n) is 5.15. The van der Waals surface area contributed by atoms with Gasteiger partial charge in [0.1, 0.15) is 5.82 Å². The van der Waals surface area contributed by atoms with Crippen molar-refractivity contribution in [1.29, 1.82) is 0 Å². The first-order chi connectivity index (χ1) is 7.54. The molecular formula is C12H15ClFNO. The summed E-state index contributed by atoms with van der Waals surface area (Å²) < 4.78 is 13.2. The Labute approximate surface area is 99.8 Å². The van der Waals surface area contributed by atoms with E-state index in [-0.39, 0.29) is 17.6 Å². The summed E-state index contributed by atoms with van der Waals surface area (Å²) in [6, 6.07) is 4.45. The van der Waals surface area contributed by atoms with Crippen molar-refractivity contribution in [1.82, 2.24) is 5.32 Å². The van der Waals surface area contributed by atoms with Gasteiger partial charge in [0.2, 0.25) is 0 Å². The summed E-state index contributed by atoms with van der Waals surface area (Å²) in [6.07, 6.45) is 0. The molecule has 0 aromatic heterocycles. The Morgan fingerprint density at radius 3 is 2.81 bits per heavy atom. The second-order valence-corrected chi connectivity index (χ2v) is 4.24. The zero-order valence-electron chi connectivity index (χ0n) is 9.39. The SMILES string of the molecule is Cc1ccc(C(=O)NCC(C)CCl)cc1F. The Morgan fingerprint density at radius 1 is 1.56 bits per heavy atom. The lowest BCUT2D eigenvalue weighted by molar-refractivity contribution is 0.0949. The van der Waals surface area contributed by atoms with Crippen molar-refractivity contribution in [2.75, 3.05) is 12.4 Å². The van der Waals surface area contributed by atoms with Crippen LogP contribution in [0.4, 0.5) is 4.39 Å². The van der Waals surface area contributed by atoms with Crippen LogP contribution in [0.3, 0.4) is 0 Å². The third-order valence-corrected chi connectivity index (χ3v) is 2.84. The molecule has 0 bridgehead atoms. The van der Waals surface area contributed by atoms with Crippen LogP contribution in [0, 0.1) is 18.7 Å². The van der Waals surface area contributed by atoms with Crippen LogP contribution in [0.2, 0.25) is 0 Å². The van der Waals surface area contributed by atoms with E-state index in [9.17, 15) is 9.18 Å². The molecule has 1 rings (SSSR count). The van der Waals surface area contributed by atoms with Crippen LogP contribution in [0.15, 0.2) is 18.2 Å². The van der Waals surface area contributed by atoms with Gasteiger partial charge in [-0.2, -0.15) is 0 Å². The zero-order valence-corrected chi connectivity index (χ0v) is 10.1. The fourth-order valence-corrected chi connectivity index (χ4v) is 1.27. The number of carbonyl (C=O) groups excluding carboxylic acids is 1. The number of amides is 1. The topological polar surface area (TPSA) is 29.1 Å². The normalized spacial score (nSPS) is 12.2. The molecule has 0 saturated carbocycles. The van der Waals surface area contributed by atoms with E-state index in [0.29, 0.717) is 23.6 Å². The largest absolute Gasteiger partial charge is 0.352 e. The Morgan fingerprint density at radius 2 is 2.25 bits per heavy atom. The Hall–Kier alpha value is -1.09. The number of hydrogen-bond donors (Lipinski definition) is 1. The smallest absolute Gasteiger partial charge is 0.251 e. The lowest BCUT2D eigenvalue weighted by Gasteiger charge is -2.09. The molecule has 0 radical (unpaired) electrons. The van der Waals surface area contributed by atoms with Gasteiger partial charge < -0.3 is 5.32 Å². The first kappa shape index (κ1) is 13.0. The fourth-order valence-electron chi connectivity index (χ4n) is 1.16. The third kappa shape index (κ3) is 3.49. The molecule has 88 valence electrons. The molecule has 1 amide bonds. The highest BCUT2D eigenvalue weighted by molar-refractivity contribution is 6.18. The van der Waals surface area contributed by atoms with E-state index in [0.717, 1.165) is 0 Å². The van der Waals surface area contributed by atoms with Gasteiger partial charge in [-0.05, 0) is 30.5 Å². The number of aryl methyl sites for hydroxylation is 1. The first-order valence-corrected chi connectivity index (χ1v) is 5.68. The predicted octanol–water partition coefficient (Wildman–Crippen LogP) is 2.74. The minimum atomic E-state index is -0.363. The second-order valence-electron chi connectivity index (χ2n) is 3.93. The molecule has 0 aliphatic carbocycles. The average Bonchev–Trinajstić information content (AvgIpc) is 2.29. The van der Waals surface area contributed by atoms with Gasteiger partial charge in [-0.3, -0.25) is 4.79 Å². The summed E-state index contributed by atoms with van der Waals surface area (Å²) >= 11 is 5.62. The molecule has 4 heteroatoms. The summed E-state index contributed by atoms with van der Waals surface area (Å²) in [5.74, 6) is 0.0672. The molecule has 2 nitrogen and oxygen atoms in total. The van der Waals surface area contributed by atoms with Gasteiger partial charge in [0, 0.05) is 18.0 Å². The molecule has 1 N–H and O–H groups in total. The maximum Gasteiger partial charge on any atom is 0.251 e. The molecule has 0 saturated heterocycles. The molecule has 0 heterocycles. The summed E-state index contributed by atoms with van der Waals surface area (Å²) in [4.78, 5) is 11.6. The van der Waals surface area contributed by atoms with E-state index >= 15 is 0 Å².